The van der Waals surface area contributed by atoms with Gasteiger partial charge < -0.3 is 10.4 Å². The van der Waals surface area contributed by atoms with E-state index in [1.54, 1.807) is 0 Å². The Morgan fingerprint density at radius 1 is 1.62 bits per heavy atom. The molecule has 1 aliphatic rings. The molecule has 0 aromatic carbocycles. The van der Waals surface area contributed by atoms with Crippen LogP contribution in [0.5, 0.6) is 0 Å². The molecule has 4 heteroatoms. The molecule has 0 spiro atoms. The summed E-state index contributed by atoms with van der Waals surface area (Å²) >= 11 is 0. The van der Waals surface area contributed by atoms with Gasteiger partial charge in [0.05, 0.1) is 6.54 Å². The van der Waals surface area contributed by atoms with Gasteiger partial charge in [-0.25, -0.2) is 0 Å². The summed E-state index contributed by atoms with van der Waals surface area (Å²) in [5, 5.41) is 11.5. The van der Waals surface area contributed by atoms with Crippen molar-refractivity contribution in [2.75, 3.05) is 26.2 Å². The lowest BCUT2D eigenvalue weighted by Crippen LogP contribution is -2.60. The molecule has 0 aliphatic carbocycles. The van der Waals surface area contributed by atoms with E-state index in [2.05, 4.69) is 24.1 Å². The molecule has 1 fully saturated rings. The van der Waals surface area contributed by atoms with Gasteiger partial charge in [-0.05, 0) is 20.3 Å². The second kappa shape index (κ2) is 4.07. The van der Waals surface area contributed by atoms with E-state index < -0.39 is 0 Å². The van der Waals surface area contributed by atoms with Crippen LogP contribution in [0, 0.1) is 0 Å². The van der Waals surface area contributed by atoms with Crippen LogP contribution >= 0.6 is 0 Å². The number of aliphatic hydroxyl groups excluding tert-OH is 1. The third-order valence-electron chi connectivity index (χ3n) is 2.49. The van der Waals surface area contributed by atoms with Gasteiger partial charge in [0.25, 0.3) is 0 Å². The van der Waals surface area contributed by atoms with Gasteiger partial charge in [-0.2, -0.15) is 0 Å². The van der Waals surface area contributed by atoms with E-state index in [-0.39, 0.29) is 18.1 Å². The Kier molecular flexibility index (Phi) is 3.27. The van der Waals surface area contributed by atoms with Gasteiger partial charge >= 0.3 is 0 Å². The maximum atomic E-state index is 11.1. The Bertz CT molecular complexity index is 192. The topological polar surface area (TPSA) is 52.6 Å². The molecular formula is C9H18N2O2. The molecule has 4 nitrogen and oxygen atoms in total. The largest absolute Gasteiger partial charge is 0.396 e. The second-order valence-corrected chi connectivity index (χ2v) is 4.09. The fourth-order valence-corrected chi connectivity index (χ4v) is 1.51. The average molecular weight is 186 g/mol. The van der Waals surface area contributed by atoms with Crippen molar-refractivity contribution in [2.24, 2.45) is 0 Å². The van der Waals surface area contributed by atoms with Gasteiger partial charge in [-0.15, -0.1) is 0 Å². The van der Waals surface area contributed by atoms with E-state index in [1.165, 1.54) is 0 Å². The zero-order chi connectivity index (χ0) is 9.90. The molecule has 1 rings (SSSR count). The molecule has 0 radical (unpaired) electrons. The Morgan fingerprint density at radius 3 is 2.92 bits per heavy atom. The first kappa shape index (κ1) is 10.5. The summed E-state index contributed by atoms with van der Waals surface area (Å²) in [5.41, 5.74) is 0.0169. The highest BCUT2D eigenvalue weighted by molar-refractivity contribution is 5.79. The van der Waals surface area contributed by atoms with Crippen LogP contribution in [0.4, 0.5) is 0 Å². The van der Waals surface area contributed by atoms with Crippen LogP contribution in [0.15, 0.2) is 0 Å². The number of amides is 1. The van der Waals surface area contributed by atoms with Crippen molar-refractivity contribution in [3.8, 4) is 0 Å². The minimum Gasteiger partial charge on any atom is -0.396 e. The van der Waals surface area contributed by atoms with Gasteiger partial charge in [0.1, 0.15) is 0 Å². The fraction of sp³-hybridized carbons (Fsp3) is 0.889. The van der Waals surface area contributed by atoms with Gasteiger partial charge in [0, 0.05) is 25.2 Å². The Morgan fingerprint density at radius 2 is 2.31 bits per heavy atom. The Hall–Kier alpha value is -0.610. The minimum atomic E-state index is 0.0169. The van der Waals surface area contributed by atoms with Crippen LogP contribution in [-0.2, 0) is 4.79 Å². The number of hydrogen-bond acceptors (Lipinski definition) is 3. The van der Waals surface area contributed by atoms with Crippen LogP contribution < -0.4 is 5.32 Å². The molecule has 0 bridgehead atoms. The predicted octanol–water partition coefficient (Wildman–Crippen LogP) is -0.421. The molecule has 1 amide bonds. The summed E-state index contributed by atoms with van der Waals surface area (Å²) in [6.45, 7) is 6.32. The van der Waals surface area contributed by atoms with Crippen molar-refractivity contribution in [3.63, 3.8) is 0 Å². The molecule has 2 N–H and O–H groups in total. The number of carbonyl (C=O) groups excluding carboxylic acids is 1. The number of hydrogen-bond donors (Lipinski definition) is 2. The quantitative estimate of drug-likeness (QED) is 0.629. The van der Waals surface area contributed by atoms with Gasteiger partial charge in [0.15, 0.2) is 0 Å². The summed E-state index contributed by atoms with van der Waals surface area (Å²) in [6, 6.07) is 0. The summed E-state index contributed by atoms with van der Waals surface area (Å²) in [6.07, 6.45) is 0.733. The van der Waals surface area contributed by atoms with Crippen molar-refractivity contribution in [2.45, 2.75) is 25.8 Å². The zero-order valence-corrected chi connectivity index (χ0v) is 8.34. The summed E-state index contributed by atoms with van der Waals surface area (Å²) in [7, 11) is 0. The predicted molar refractivity (Wildman–Crippen MR) is 50.4 cm³/mol. The zero-order valence-electron chi connectivity index (χ0n) is 8.34. The minimum absolute atomic E-state index is 0.0169. The van der Waals surface area contributed by atoms with Crippen LogP contribution in [0.3, 0.4) is 0 Å². The van der Waals surface area contributed by atoms with Gasteiger partial charge in [-0.3, -0.25) is 9.69 Å². The number of nitrogens with one attached hydrogen (secondary N) is 1. The number of nitrogens with zero attached hydrogens (tertiary/aromatic N) is 1. The van der Waals surface area contributed by atoms with E-state index in [1.807, 2.05) is 0 Å². The number of rotatable bonds is 3. The average Bonchev–Trinajstić information content (AvgIpc) is 2.07. The van der Waals surface area contributed by atoms with Crippen molar-refractivity contribution in [1.82, 2.24) is 10.2 Å². The summed E-state index contributed by atoms with van der Waals surface area (Å²) in [5.74, 6) is 0.0808. The molecule has 0 atom stereocenters. The van der Waals surface area contributed by atoms with Crippen LogP contribution in [-0.4, -0.2) is 47.7 Å². The molecule has 1 aliphatic heterocycles. The summed E-state index contributed by atoms with van der Waals surface area (Å²) in [4.78, 5) is 13.2. The molecule has 0 aromatic heterocycles. The summed E-state index contributed by atoms with van der Waals surface area (Å²) < 4.78 is 0. The van der Waals surface area contributed by atoms with Crippen LogP contribution in [0.1, 0.15) is 20.3 Å². The Balaban J connectivity index is 2.50. The van der Waals surface area contributed by atoms with E-state index in [9.17, 15) is 4.79 Å². The third kappa shape index (κ3) is 2.67. The van der Waals surface area contributed by atoms with E-state index >= 15 is 0 Å². The van der Waals surface area contributed by atoms with E-state index in [0.29, 0.717) is 13.1 Å². The standard InChI is InChI=1S/C9H18N2O2/c1-9(2)7-10-8(13)6-11(9)4-3-5-12/h12H,3-7H2,1-2H3,(H,10,13). The first-order valence-electron chi connectivity index (χ1n) is 4.69. The smallest absolute Gasteiger partial charge is 0.234 e. The molecule has 0 unspecified atom stereocenters. The van der Waals surface area contributed by atoms with Crippen molar-refractivity contribution in [1.29, 1.82) is 0 Å². The molecule has 0 saturated carbocycles. The normalized spacial score (nSPS) is 22.8. The lowest BCUT2D eigenvalue weighted by Gasteiger charge is -2.42. The molecule has 1 heterocycles. The lowest BCUT2D eigenvalue weighted by molar-refractivity contribution is -0.127. The van der Waals surface area contributed by atoms with Crippen molar-refractivity contribution >= 4 is 5.91 Å². The van der Waals surface area contributed by atoms with Crippen molar-refractivity contribution < 1.29 is 9.90 Å². The highest BCUT2D eigenvalue weighted by atomic mass is 16.3. The Labute approximate surface area is 78.9 Å². The molecule has 76 valence electrons. The SMILES string of the molecule is CC1(C)CNC(=O)CN1CCCO. The lowest BCUT2D eigenvalue weighted by atomic mass is 10.00. The second-order valence-electron chi connectivity index (χ2n) is 4.09. The molecular weight excluding hydrogens is 168 g/mol. The van der Waals surface area contributed by atoms with Gasteiger partial charge in [-0.1, -0.05) is 0 Å². The monoisotopic (exact) mass is 186 g/mol. The van der Waals surface area contributed by atoms with Crippen LogP contribution in [0.2, 0.25) is 0 Å². The van der Waals surface area contributed by atoms with E-state index in [0.717, 1.165) is 13.0 Å². The first-order valence-corrected chi connectivity index (χ1v) is 4.69. The molecule has 1 saturated heterocycles. The third-order valence-corrected chi connectivity index (χ3v) is 2.49. The maximum Gasteiger partial charge on any atom is 0.234 e. The highest BCUT2D eigenvalue weighted by Gasteiger charge is 2.32. The van der Waals surface area contributed by atoms with Crippen molar-refractivity contribution in [3.05, 3.63) is 0 Å². The number of aliphatic hydroxyl groups is 1. The molecule has 13 heavy (non-hydrogen) atoms. The highest BCUT2D eigenvalue weighted by Crippen LogP contribution is 2.16. The maximum absolute atomic E-state index is 11.1. The fourth-order valence-electron chi connectivity index (χ4n) is 1.51. The molecule has 0 aromatic rings. The first-order chi connectivity index (χ1) is 6.06. The number of piperazine rings is 1. The van der Waals surface area contributed by atoms with E-state index in [4.69, 9.17) is 5.11 Å². The number of carbonyl (C=O) groups is 1. The van der Waals surface area contributed by atoms with Gasteiger partial charge in [0.2, 0.25) is 5.91 Å². The van der Waals surface area contributed by atoms with Crippen LogP contribution in [0.25, 0.3) is 0 Å².